The van der Waals surface area contributed by atoms with Crippen LogP contribution < -0.4 is 11.1 Å². The van der Waals surface area contributed by atoms with Crippen LogP contribution in [0.4, 0.5) is 0 Å². The molecule has 0 atom stereocenters. The van der Waals surface area contributed by atoms with Gasteiger partial charge in [-0.3, -0.25) is 4.79 Å². The van der Waals surface area contributed by atoms with E-state index >= 15 is 0 Å². The minimum atomic E-state index is -0.713. The zero-order valence-electron chi connectivity index (χ0n) is 8.80. The molecule has 0 fully saturated rings. The fourth-order valence-corrected chi connectivity index (χ4v) is 1.24. The topological polar surface area (TPSA) is 75.3 Å². The largest absolute Gasteiger partial charge is 0.481 e. The monoisotopic (exact) mass is 202 g/mol. The fraction of sp³-hybridized carbons (Fsp3) is 0.900. The van der Waals surface area contributed by atoms with Gasteiger partial charge in [0.1, 0.15) is 0 Å². The first kappa shape index (κ1) is 13.4. The Hall–Kier alpha value is -0.610. The lowest BCUT2D eigenvalue weighted by Gasteiger charge is -2.03. The number of carboxylic acid groups (broad SMARTS) is 1. The molecule has 4 heteroatoms. The molecule has 4 N–H and O–H groups in total. The molecule has 0 amide bonds. The highest BCUT2D eigenvalue weighted by Gasteiger charge is 1.95. The smallest absolute Gasteiger partial charge is 0.303 e. The molecule has 0 aromatic carbocycles. The van der Waals surface area contributed by atoms with Gasteiger partial charge in [-0.25, -0.2) is 0 Å². The molecule has 14 heavy (non-hydrogen) atoms. The molecule has 0 aliphatic carbocycles. The minimum absolute atomic E-state index is 0.264. The van der Waals surface area contributed by atoms with Gasteiger partial charge < -0.3 is 16.2 Å². The molecular formula is C10H22N2O2. The molecule has 0 saturated carbocycles. The molecule has 0 saturated heterocycles. The Bertz CT molecular complexity index is 140. The quantitative estimate of drug-likeness (QED) is 0.461. The Morgan fingerprint density at radius 2 is 1.71 bits per heavy atom. The van der Waals surface area contributed by atoms with Gasteiger partial charge in [-0.05, 0) is 38.9 Å². The first-order valence-electron chi connectivity index (χ1n) is 5.40. The minimum Gasteiger partial charge on any atom is -0.481 e. The van der Waals surface area contributed by atoms with Gasteiger partial charge in [-0.15, -0.1) is 0 Å². The number of hydrogen-bond donors (Lipinski definition) is 3. The number of carbonyl (C=O) groups is 1. The first-order chi connectivity index (χ1) is 6.77. The molecule has 0 rings (SSSR count). The number of carboxylic acids is 1. The summed E-state index contributed by atoms with van der Waals surface area (Å²) in [4.78, 5) is 10.2. The third-order valence-electron chi connectivity index (χ3n) is 2.05. The summed E-state index contributed by atoms with van der Waals surface area (Å²) in [5.41, 5.74) is 5.37. The molecule has 0 heterocycles. The molecule has 0 aliphatic heterocycles. The van der Waals surface area contributed by atoms with Gasteiger partial charge >= 0.3 is 5.97 Å². The van der Waals surface area contributed by atoms with Gasteiger partial charge in [0, 0.05) is 6.42 Å². The summed E-state index contributed by atoms with van der Waals surface area (Å²) >= 11 is 0. The molecule has 0 unspecified atom stereocenters. The SMILES string of the molecule is NCCCCCCNCCCC(=O)O. The van der Waals surface area contributed by atoms with Crippen LogP contribution in [0.15, 0.2) is 0 Å². The average molecular weight is 202 g/mol. The maximum Gasteiger partial charge on any atom is 0.303 e. The second-order valence-corrected chi connectivity index (χ2v) is 3.45. The van der Waals surface area contributed by atoms with E-state index in [2.05, 4.69) is 5.32 Å². The number of nitrogens with two attached hydrogens (primary N) is 1. The molecular weight excluding hydrogens is 180 g/mol. The standard InChI is InChI=1S/C10H22N2O2/c11-7-3-1-2-4-8-12-9-5-6-10(13)14/h12H,1-9,11H2,(H,13,14). The summed E-state index contributed by atoms with van der Waals surface area (Å²) in [6.07, 6.45) is 5.67. The molecule has 84 valence electrons. The Morgan fingerprint density at radius 3 is 2.36 bits per heavy atom. The lowest BCUT2D eigenvalue weighted by Crippen LogP contribution is -2.17. The van der Waals surface area contributed by atoms with Crippen LogP contribution >= 0.6 is 0 Å². The van der Waals surface area contributed by atoms with Crippen LogP contribution in [-0.4, -0.2) is 30.7 Å². The van der Waals surface area contributed by atoms with E-state index in [-0.39, 0.29) is 6.42 Å². The van der Waals surface area contributed by atoms with E-state index in [4.69, 9.17) is 10.8 Å². The van der Waals surface area contributed by atoms with E-state index in [1.165, 1.54) is 12.8 Å². The Balaban J connectivity index is 2.88. The van der Waals surface area contributed by atoms with Crippen molar-refractivity contribution in [2.45, 2.75) is 38.5 Å². The van der Waals surface area contributed by atoms with Crippen molar-refractivity contribution >= 4 is 5.97 Å². The van der Waals surface area contributed by atoms with Crippen molar-refractivity contribution in [2.75, 3.05) is 19.6 Å². The highest BCUT2D eigenvalue weighted by molar-refractivity contribution is 5.66. The predicted molar refractivity (Wildman–Crippen MR) is 57.3 cm³/mol. The first-order valence-corrected chi connectivity index (χ1v) is 5.40. The summed E-state index contributed by atoms with van der Waals surface area (Å²) in [7, 11) is 0. The van der Waals surface area contributed by atoms with Crippen LogP contribution in [0.1, 0.15) is 38.5 Å². The number of hydrogen-bond acceptors (Lipinski definition) is 3. The summed E-state index contributed by atoms with van der Waals surface area (Å²) in [5, 5.41) is 11.6. The summed E-state index contributed by atoms with van der Waals surface area (Å²) in [6.45, 7) is 2.58. The number of nitrogens with one attached hydrogen (secondary N) is 1. The van der Waals surface area contributed by atoms with Gasteiger partial charge in [0.2, 0.25) is 0 Å². The van der Waals surface area contributed by atoms with E-state index in [0.29, 0.717) is 0 Å². The van der Waals surface area contributed by atoms with E-state index in [0.717, 1.165) is 38.9 Å². The van der Waals surface area contributed by atoms with Crippen LogP contribution in [0.2, 0.25) is 0 Å². The number of aliphatic carboxylic acids is 1. The lowest BCUT2D eigenvalue weighted by molar-refractivity contribution is -0.137. The third-order valence-corrected chi connectivity index (χ3v) is 2.05. The van der Waals surface area contributed by atoms with E-state index < -0.39 is 5.97 Å². The van der Waals surface area contributed by atoms with E-state index in [1.807, 2.05) is 0 Å². The fourth-order valence-electron chi connectivity index (χ4n) is 1.24. The Kier molecular flexibility index (Phi) is 10.0. The molecule has 0 aromatic rings. The maximum atomic E-state index is 10.2. The van der Waals surface area contributed by atoms with Crippen LogP contribution in [0, 0.1) is 0 Å². The zero-order valence-corrected chi connectivity index (χ0v) is 8.80. The van der Waals surface area contributed by atoms with Crippen molar-refractivity contribution in [2.24, 2.45) is 5.73 Å². The van der Waals surface area contributed by atoms with E-state index in [9.17, 15) is 4.79 Å². The van der Waals surface area contributed by atoms with Crippen LogP contribution in [0.25, 0.3) is 0 Å². The van der Waals surface area contributed by atoms with Gasteiger partial charge in [0.15, 0.2) is 0 Å². The van der Waals surface area contributed by atoms with Gasteiger partial charge in [0.25, 0.3) is 0 Å². The highest BCUT2D eigenvalue weighted by atomic mass is 16.4. The van der Waals surface area contributed by atoms with Crippen LogP contribution in [0.5, 0.6) is 0 Å². The summed E-state index contributed by atoms with van der Waals surface area (Å²) in [6, 6.07) is 0. The van der Waals surface area contributed by atoms with Gasteiger partial charge in [0.05, 0.1) is 0 Å². The van der Waals surface area contributed by atoms with Crippen molar-refractivity contribution in [3.63, 3.8) is 0 Å². The average Bonchev–Trinajstić information content (AvgIpc) is 2.15. The summed E-state index contributed by atoms with van der Waals surface area (Å²) < 4.78 is 0. The molecule has 0 spiro atoms. The highest BCUT2D eigenvalue weighted by Crippen LogP contribution is 1.97. The second kappa shape index (κ2) is 10.5. The predicted octanol–water partition coefficient (Wildman–Crippen LogP) is 0.960. The normalized spacial score (nSPS) is 10.4. The van der Waals surface area contributed by atoms with Gasteiger partial charge in [-0.1, -0.05) is 12.8 Å². The third kappa shape index (κ3) is 11.4. The maximum absolute atomic E-state index is 10.2. The number of rotatable bonds is 10. The van der Waals surface area contributed by atoms with Crippen molar-refractivity contribution in [3.05, 3.63) is 0 Å². The molecule has 0 aliphatic rings. The van der Waals surface area contributed by atoms with Crippen LogP contribution in [-0.2, 0) is 4.79 Å². The summed E-state index contributed by atoms with van der Waals surface area (Å²) in [5.74, 6) is -0.713. The zero-order chi connectivity index (χ0) is 10.6. The van der Waals surface area contributed by atoms with Crippen LogP contribution in [0.3, 0.4) is 0 Å². The number of unbranched alkanes of at least 4 members (excludes halogenated alkanes) is 3. The molecule has 4 nitrogen and oxygen atoms in total. The van der Waals surface area contributed by atoms with Gasteiger partial charge in [-0.2, -0.15) is 0 Å². The van der Waals surface area contributed by atoms with Crippen molar-refractivity contribution in [1.82, 2.24) is 5.32 Å². The molecule has 0 bridgehead atoms. The van der Waals surface area contributed by atoms with Crippen molar-refractivity contribution < 1.29 is 9.90 Å². The lowest BCUT2D eigenvalue weighted by atomic mass is 10.2. The Morgan fingerprint density at radius 1 is 1.07 bits per heavy atom. The Labute approximate surface area is 85.9 Å². The second-order valence-electron chi connectivity index (χ2n) is 3.45. The molecule has 0 radical (unpaired) electrons. The van der Waals surface area contributed by atoms with E-state index in [1.54, 1.807) is 0 Å². The van der Waals surface area contributed by atoms with Crippen molar-refractivity contribution in [1.29, 1.82) is 0 Å². The van der Waals surface area contributed by atoms with Crippen molar-refractivity contribution in [3.8, 4) is 0 Å². The molecule has 0 aromatic heterocycles.